The van der Waals surface area contributed by atoms with Gasteiger partial charge in [-0.05, 0) is 18.2 Å². The number of hydrazone groups is 1. The van der Waals surface area contributed by atoms with Crippen molar-refractivity contribution in [2.75, 3.05) is 12.4 Å². The first kappa shape index (κ1) is 15.0. The molecule has 0 atom stereocenters. The second kappa shape index (κ2) is 5.92. The lowest BCUT2D eigenvalue weighted by molar-refractivity contribution is -0.130. The van der Waals surface area contributed by atoms with E-state index in [1.165, 1.54) is 25.2 Å². The van der Waals surface area contributed by atoms with Crippen molar-refractivity contribution in [3.63, 3.8) is 0 Å². The van der Waals surface area contributed by atoms with Gasteiger partial charge in [-0.25, -0.2) is 9.80 Å². The highest BCUT2D eigenvalue weighted by Crippen LogP contribution is 2.21. The van der Waals surface area contributed by atoms with Crippen LogP contribution in [0.3, 0.4) is 0 Å². The number of carbonyl (C=O) groups excluding carboxylic acids is 2. The van der Waals surface area contributed by atoms with Crippen molar-refractivity contribution in [3.05, 3.63) is 28.8 Å². The van der Waals surface area contributed by atoms with Crippen LogP contribution in [0.2, 0.25) is 5.02 Å². The van der Waals surface area contributed by atoms with Crippen LogP contribution in [-0.4, -0.2) is 40.7 Å². The second-order valence-electron chi connectivity index (χ2n) is 4.41. The number of carboxylic acids is 1. The normalized spacial score (nSPS) is 14.7. The number of carbonyl (C=O) groups is 3. The molecular weight excluding hydrogens is 298 g/mol. The standard InChI is InChI=1S/C13H12ClN3O4/c1-17-11(18)5-4-9(16-17)12(19)15-10-6-7(14)2-3-8(10)13(20)21/h2-3,6H,4-5H2,1H3,(H,15,19)(H,20,21). The minimum Gasteiger partial charge on any atom is -0.478 e. The van der Waals surface area contributed by atoms with E-state index in [0.717, 1.165) is 5.01 Å². The molecule has 0 spiro atoms. The maximum Gasteiger partial charge on any atom is 0.337 e. The van der Waals surface area contributed by atoms with Crippen LogP contribution in [0.4, 0.5) is 5.69 Å². The van der Waals surface area contributed by atoms with Crippen LogP contribution in [0.25, 0.3) is 0 Å². The molecule has 0 radical (unpaired) electrons. The molecule has 21 heavy (non-hydrogen) atoms. The summed E-state index contributed by atoms with van der Waals surface area (Å²) >= 11 is 5.81. The molecule has 0 fully saturated rings. The summed E-state index contributed by atoms with van der Waals surface area (Å²) < 4.78 is 0. The highest BCUT2D eigenvalue weighted by Gasteiger charge is 2.23. The molecule has 0 aromatic heterocycles. The Balaban J connectivity index is 2.24. The highest BCUT2D eigenvalue weighted by atomic mass is 35.5. The van der Waals surface area contributed by atoms with Crippen molar-refractivity contribution in [2.45, 2.75) is 12.8 Å². The van der Waals surface area contributed by atoms with Gasteiger partial charge in [0.05, 0.1) is 11.3 Å². The Morgan fingerprint density at radius 3 is 2.71 bits per heavy atom. The average molecular weight is 310 g/mol. The summed E-state index contributed by atoms with van der Waals surface area (Å²) in [5, 5.41) is 16.8. The maximum atomic E-state index is 12.1. The van der Waals surface area contributed by atoms with Gasteiger partial charge in [0.1, 0.15) is 5.71 Å². The van der Waals surface area contributed by atoms with Gasteiger partial charge >= 0.3 is 5.97 Å². The topological polar surface area (TPSA) is 99.1 Å². The lowest BCUT2D eigenvalue weighted by Gasteiger charge is -2.19. The lowest BCUT2D eigenvalue weighted by Crippen LogP contribution is -2.34. The summed E-state index contributed by atoms with van der Waals surface area (Å²) in [5.41, 5.74) is 0.171. The third-order valence-corrected chi connectivity index (χ3v) is 3.16. The number of aromatic carboxylic acids is 1. The number of hydrogen-bond donors (Lipinski definition) is 2. The van der Waals surface area contributed by atoms with Crippen LogP contribution < -0.4 is 5.32 Å². The molecule has 0 bridgehead atoms. The molecule has 1 heterocycles. The van der Waals surface area contributed by atoms with E-state index in [2.05, 4.69) is 10.4 Å². The van der Waals surface area contributed by atoms with Crippen molar-refractivity contribution in [3.8, 4) is 0 Å². The van der Waals surface area contributed by atoms with E-state index in [-0.39, 0.29) is 35.7 Å². The van der Waals surface area contributed by atoms with Crippen LogP contribution in [-0.2, 0) is 9.59 Å². The van der Waals surface area contributed by atoms with Crippen LogP contribution >= 0.6 is 11.6 Å². The van der Waals surface area contributed by atoms with Gasteiger partial charge in [-0.15, -0.1) is 0 Å². The molecule has 1 aromatic rings. The van der Waals surface area contributed by atoms with Gasteiger partial charge in [0.25, 0.3) is 5.91 Å². The van der Waals surface area contributed by atoms with E-state index in [0.29, 0.717) is 5.02 Å². The molecule has 1 aliphatic rings. The van der Waals surface area contributed by atoms with E-state index in [1.807, 2.05) is 0 Å². The number of anilines is 1. The number of hydrogen-bond acceptors (Lipinski definition) is 4. The summed E-state index contributed by atoms with van der Waals surface area (Å²) in [5.74, 6) is -1.92. The molecule has 8 heteroatoms. The molecule has 2 amide bonds. The Morgan fingerprint density at radius 1 is 1.38 bits per heavy atom. The largest absolute Gasteiger partial charge is 0.478 e. The molecule has 0 saturated carbocycles. The van der Waals surface area contributed by atoms with E-state index >= 15 is 0 Å². The van der Waals surface area contributed by atoms with Gasteiger partial charge in [-0.1, -0.05) is 11.6 Å². The Kier molecular flexibility index (Phi) is 4.23. The van der Waals surface area contributed by atoms with Crippen LogP contribution in [0.1, 0.15) is 23.2 Å². The number of rotatable bonds is 3. The van der Waals surface area contributed by atoms with Crippen molar-refractivity contribution in [1.29, 1.82) is 0 Å². The number of carboxylic acid groups (broad SMARTS) is 1. The summed E-state index contributed by atoms with van der Waals surface area (Å²) in [7, 11) is 1.46. The van der Waals surface area contributed by atoms with Crippen molar-refractivity contribution >= 4 is 40.8 Å². The number of benzene rings is 1. The van der Waals surface area contributed by atoms with Crippen LogP contribution in [0, 0.1) is 0 Å². The average Bonchev–Trinajstić information content (AvgIpc) is 2.41. The van der Waals surface area contributed by atoms with Crippen molar-refractivity contribution < 1.29 is 19.5 Å². The fourth-order valence-electron chi connectivity index (χ4n) is 1.83. The van der Waals surface area contributed by atoms with Gasteiger partial charge in [-0.2, -0.15) is 5.10 Å². The van der Waals surface area contributed by atoms with E-state index in [1.54, 1.807) is 0 Å². The Bertz CT molecular complexity index is 657. The molecule has 0 saturated heterocycles. The fraction of sp³-hybridized carbons (Fsp3) is 0.231. The molecular formula is C13H12ClN3O4. The third-order valence-electron chi connectivity index (χ3n) is 2.93. The van der Waals surface area contributed by atoms with Gasteiger partial charge in [-0.3, -0.25) is 9.59 Å². The third kappa shape index (κ3) is 3.38. The minimum absolute atomic E-state index is 0.0754. The Morgan fingerprint density at radius 2 is 2.10 bits per heavy atom. The maximum absolute atomic E-state index is 12.1. The predicted octanol–water partition coefficient (Wildman–Crippen LogP) is 1.58. The second-order valence-corrected chi connectivity index (χ2v) is 4.85. The zero-order valence-electron chi connectivity index (χ0n) is 11.1. The summed E-state index contributed by atoms with van der Waals surface area (Å²) in [6.45, 7) is 0. The minimum atomic E-state index is -1.18. The van der Waals surface area contributed by atoms with Crippen molar-refractivity contribution in [2.24, 2.45) is 5.10 Å². The first-order valence-corrected chi connectivity index (χ1v) is 6.44. The first-order chi connectivity index (χ1) is 9.88. The van der Waals surface area contributed by atoms with Crippen molar-refractivity contribution in [1.82, 2.24) is 5.01 Å². The number of nitrogens with zero attached hydrogens (tertiary/aromatic N) is 2. The lowest BCUT2D eigenvalue weighted by atomic mass is 10.1. The Hall–Kier alpha value is -2.41. The first-order valence-electron chi connectivity index (χ1n) is 6.06. The molecule has 0 unspecified atom stereocenters. The number of amides is 2. The SMILES string of the molecule is CN1N=C(C(=O)Nc2cc(Cl)ccc2C(=O)O)CCC1=O. The highest BCUT2D eigenvalue weighted by molar-refractivity contribution is 6.44. The molecule has 1 aliphatic heterocycles. The molecule has 1 aromatic carbocycles. The fourth-order valence-corrected chi connectivity index (χ4v) is 2.01. The zero-order chi connectivity index (χ0) is 15.6. The number of halogens is 1. The van der Waals surface area contributed by atoms with E-state index < -0.39 is 11.9 Å². The van der Waals surface area contributed by atoms with Gasteiger partial charge in [0.15, 0.2) is 0 Å². The molecule has 110 valence electrons. The summed E-state index contributed by atoms with van der Waals surface area (Å²) in [6.07, 6.45) is 0.391. The molecule has 7 nitrogen and oxygen atoms in total. The molecule has 0 aliphatic carbocycles. The summed E-state index contributed by atoms with van der Waals surface area (Å²) in [4.78, 5) is 34.5. The quantitative estimate of drug-likeness (QED) is 0.885. The predicted molar refractivity (Wildman–Crippen MR) is 76.5 cm³/mol. The smallest absolute Gasteiger partial charge is 0.337 e. The van der Waals surface area contributed by atoms with E-state index in [4.69, 9.17) is 16.7 Å². The van der Waals surface area contributed by atoms with Gasteiger partial charge in [0.2, 0.25) is 5.91 Å². The van der Waals surface area contributed by atoms with Crippen LogP contribution in [0.5, 0.6) is 0 Å². The monoisotopic (exact) mass is 309 g/mol. The number of nitrogens with one attached hydrogen (secondary N) is 1. The summed E-state index contributed by atoms with van der Waals surface area (Å²) in [6, 6.07) is 4.07. The Labute approximate surface area is 125 Å². The molecule has 2 rings (SSSR count). The van der Waals surface area contributed by atoms with Gasteiger partial charge in [0, 0.05) is 24.9 Å². The zero-order valence-corrected chi connectivity index (χ0v) is 11.8. The van der Waals surface area contributed by atoms with Gasteiger partial charge < -0.3 is 10.4 Å². The van der Waals surface area contributed by atoms with Crippen LogP contribution in [0.15, 0.2) is 23.3 Å². The van der Waals surface area contributed by atoms with E-state index in [9.17, 15) is 14.4 Å². The molecule has 2 N–H and O–H groups in total.